The van der Waals surface area contributed by atoms with Gasteiger partial charge in [0.25, 0.3) is 0 Å². The molecule has 2 nitrogen and oxygen atoms in total. The summed E-state index contributed by atoms with van der Waals surface area (Å²) < 4.78 is 0. The van der Waals surface area contributed by atoms with Crippen molar-refractivity contribution < 1.29 is 10.2 Å². The molecule has 1 aliphatic carbocycles. The van der Waals surface area contributed by atoms with Gasteiger partial charge in [0.2, 0.25) is 0 Å². The predicted molar refractivity (Wildman–Crippen MR) is 39.6 cm³/mol. The van der Waals surface area contributed by atoms with E-state index in [0.29, 0.717) is 5.92 Å². The van der Waals surface area contributed by atoms with Crippen LogP contribution in [0, 0.1) is 5.92 Å². The lowest BCUT2D eigenvalue weighted by Crippen LogP contribution is -2.12. The SMILES string of the molecule is OCC1=CCCC(CO)C1. The fraction of sp³-hybridized carbons (Fsp3) is 0.750. The van der Waals surface area contributed by atoms with Gasteiger partial charge in [-0.1, -0.05) is 6.08 Å². The number of hydrogen-bond donors (Lipinski definition) is 2. The van der Waals surface area contributed by atoms with Crippen molar-refractivity contribution in [3.05, 3.63) is 11.6 Å². The van der Waals surface area contributed by atoms with Gasteiger partial charge in [0.15, 0.2) is 0 Å². The first-order chi connectivity index (χ1) is 4.86. The summed E-state index contributed by atoms with van der Waals surface area (Å²) in [6, 6.07) is 0. The van der Waals surface area contributed by atoms with Crippen molar-refractivity contribution in [2.75, 3.05) is 13.2 Å². The minimum atomic E-state index is 0.163. The van der Waals surface area contributed by atoms with Crippen molar-refractivity contribution in [1.29, 1.82) is 0 Å². The van der Waals surface area contributed by atoms with Crippen molar-refractivity contribution in [2.45, 2.75) is 19.3 Å². The van der Waals surface area contributed by atoms with E-state index < -0.39 is 0 Å². The van der Waals surface area contributed by atoms with Gasteiger partial charge >= 0.3 is 0 Å². The van der Waals surface area contributed by atoms with Gasteiger partial charge < -0.3 is 10.2 Å². The van der Waals surface area contributed by atoms with Crippen LogP contribution in [0.1, 0.15) is 19.3 Å². The highest BCUT2D eigenvalue weighted by Gasteiger charge is 2.12. The van der Waals surface area contributed by atoms with E-state index in [4.69, 9.17) is 10.2 Å². The smallest absolute Gasteiger partial charge is 0.0641 e. The highest BCUT2D eigenvalue weighted by atomic mass is 16.3. The Kier molecular flexibility index (Phi) is 2.90. The molecule has 0 aromatic heterocycles. The van der Waals surface area contributed by atoms with Gasteiger partial charge in [-0.3, -0.25) is 0 Å². The van der Waals surface area contributed by atoms with Crippen LogP contribution >= 0.6 is 0 Å². The highest BCUT2D eigenvalue weighted by molar-refractivity contribution is 5.06. The van der Waals surface area contributed by atoms with Crippen LogP contribution < -0.4 is 0 Å². The lowest BCUT2D eigenvalue weighted by Gasteiger charge is -2.19. The van der Waals surface area contributed by atoms with E-state index in [-0.39, 0.29) is 13.2 Å². The molecule has 2 N–H and O–H groups in total. The van der Waals surface area contributed by atoms with Gasteiger partial charge in [-0.2, -0.15) is 0 Å². The Bertz CT molecular complexity index is 129. The van der Waals surface area contributed by atoms with E-state index in [1.165, 1.54) is 0 Å². The molecule has 0 heterocycles. The first-order valence-corrected chi connectivity index (χ1v) is 3.76. The molecule has 1 rings (SSSR count). The van der Waals surface area contributed by atoms with Crippen LogP contribution in [0.4, 0.5) is 0 Å². The van der Waals surface area contributed by atoms with Crippen LogP contribution in [0.25, 0.3) is 0 Å². The quantitative estimate of drug-likeness (QED) is 0.557. The summed E-state index contributed by atoms with van der Waals surface area (Å²) in [6.45, 7) is 0.424. The number of hydrogen-bond acceptors (Lipinski definition) is 2. The summed E-state index contributed by atoms with van der Waals surface area (Å²) >= 11 is 0. The summed E-state index contributed by atoms with van der Waals surface area (Å²) in [5.41, 5.74) is 1.09. The third-order valence-corrected chi connectivity index (χ3v) is 2.02. The molecule has 2 heteroatoms. The molecular formula is C8H14O2. The van der Waals surface area contributed by atoms with Crippen molar-refractivity contribution >= 4 is 0 Å². The maximum absolute atomic E-state index is 8.80. The number of rotatable bonds is 2. The highest BCUT2D eigenvalue weighted by Crippen LogP contribution is 2.22. The Labute approximate surface area is 61.2 Å². The van der Waals surface area contributed by atoms with Crippen molar-refractivity contribution in [3.8, 4) is 0 Å². The Morgan fingerprint density at radius 3 is 2.90 bits per heavy atom. The normalized spacial score (nSPS) is 26.2. The summed E-state index contributed by atoms with van der Waals surface area (Å²) in [6.07, 6.45) is 5.04. The summed E-state index contributed by atoms with van der Waals surface area (Å²) in [5.74, 6) is 0.396. The number of aliphatic hydroxyl groups excluding tert-OH is 2. The molecule has 58 valence electrons. The zero-order valence-electron chi connectivity index (χ0n) is 6.08. The van der Waals surface area contributed by atoms with Gasteiger partial charge in [0.1, 0.15) is 0 Å². The van der Waals surface area contributed by atoms with Gasteiger partial charge in [-0.15, -0.1) is 0 Å². The standard InChI is InChI=1S/C8H14O2/c9-5-7-2-1-3-8(4-7)6-10/h2,8-10H,1,3-6H2. The summed E-state index contributed by atoms with van der Waals surface area (Å²) in [7, 11) is 0. The van der Waals surface area contributed by atoms with E-state index >= 15 is 0 Å². The topological polar surface area (TPSA) is 40.5 Å². The lowest BCUT2D eigenvalue weighted by atomic mass is 9.90. The Balaban J connectivity index is 2.40. The van der Waals surface area contributed by atoms with Crippen molar-refractivity contribution in [3.63, 3.8) is 0 Å². The molecule has 0 saturated carbocycles. The molecule has 0 aliphatic heterocycles. The number of allylic oxidation sites excluding steroid dienone is 1. The fourth-order valence-corrected chi connectivity index (χ4v) is 1.36. The molecule has 0 radical (unpaired) electrons. The van der Waals surface area contributed by atoms with Crippen LogP contribution in [0.15, 0.2) is 11.6 Å². The van der Waals surface area contributed by atoms with Crippen LogP contribution in [0.2, 0.25) is 0 Å². The zero-order valence-corrected chi connectivity index (χ0v) is 6.08. The minimum absolute atomic E-state index is 0.163. The van der Waals surface area contributed by atoms with Gasteiger partial charge in [0.05, 0.1) is 6.61 Å². The first-order valence-electron chi connectivity index (χ1n) is 3.76. The van der Waals surface area contributed by atoms with Gasteiger partial charge in [-0.05, 0) is 30.8 Å². The van der Waals surface area contributed by atoms with E-state index in [9.17, 15) is 0 Å². The number of aliphatic hydroxyl groups is 2. The molecule has 1 unspecified atom stereocenters. The molecule has 0 amide bonds. The van der Waals surface area contributed by atoms with E-state index in [2.05, 4.69) is 6.08 Å². The predicted octanol–water partition coefficient (Wildman–Crippen LogP) is 0.698. The molecule has 0 fully saturated rings. The Morgan fingerprint density at radius 1 is 1.50 bits per heavy atom. The van der Waals surface area contributed by atoms with Crippen LogP contribution in [-0.2, 0) is 0 Å². The molecular weight excluding hydrogens is 128 g/mol. The van der Waals surface area contributed by atoms with Crippen LogP contribution in [-0.4, -0.2) is 23.4 Å². The second-order valence-corrected chi connectivity index (χ2v) is 2.85. The van der Waals surface area contributed by atoms with Gasteiger partial charge in [-0.25, -0.2) is 0 Å². The van der Waals surface area contributed by atoms with Crippen LogP contribution in [0.3, 0.4) is 0 Å². The summed E-state index contributed by atoms with van der Waals surface area (Å²) in [5, 5.41) is 17.5. The molecule has 0 saturated heterocycles. The fourth-order valence-electron chi connectivity index (χ4n) is 1.36. The molecule has 0 spiro atoms. The Hall–Kier alpha value is -0.340. The monoisotopic (exact) mass is 142 g/mol. The third-order valence-electron chi connectivity index (χ3n) is 2.02. The summed E-state index contributed by atoms with van der Waals surface area (Å²) in [4.78, 5) is 0. The molecule has 0 bridgehead atoms. The largest absolute Gasteiger partial charge is 0.396 e. The molecule has 0 aromatic carbocycles. The molecule has 0 aromatic rings. The molecule has 1 atom stereocenters. The van der Waals surface area contributed by atoms with Gasteiger partial charge in [0, 0.05) is 6.61 Å². The zero-order chi connectivity index (χ0) is 7.40. The minimum Gasteiger partial charge on any atom is -0.396 e. The maximum atomic E-state index is 8.80. The Morgan fingerprint density at radius 2 is 2.30 bits per heavy atom. The average Bonchev–Trinajstić information content (AvgIpc) is 2.05. The molecule has 10 heavy (non-hydrogen) atoms. The third kappa shape index (κ3) is 1.82. The van der Waals surface area contributed by atoms with Crippen molar-refractivity contribution in [2.24, 2.45) is 5.92 Å². The van der Waals surface area contributed by atoms with Crippen molar-refractivity contribution in [1.82, 2.24) is 0 Å². The van der Waals surface area contributed by atoms with E-state index in [1.807, 2.05) is 0 Å². The maximum Gasteiger partial charge on any atom is 0.0641 e. The molecule has 1 aliphatic rings. The second kappa shape index (κ2) is 3.74. The first kappa shape index (κ1) is 7.76. The van der Waals surface area contributed by atoms with E-state index in [1.54, 1.807) is 0 Å². The van der Waals surface area contributed by atoms with E-state index in [0.717, 1.165) is 24.8 Å². The lowest BCUT2D eigenvalue weighted by molar-refractivity contribution is 0.208. The van der Waals surface area contributed by atoms with Crippen LogP contribution in [0.5, 0.6) is 0 Å². The second-order valence-electron chi connectivity index (χ2n) is 2.85. The average molecular weight is 142 g/mol.